The topological polar surface area (TPSA) is 104 Å². The molecule has 2 aromatic heterocycles. The SMILES string of the molecule is CC(C)(C)OC(=O)N1C2CCC1CN(c1nc(OCC34CCCN3C(CO)CC4)nc3c(F)c(-c4cccc5cccc(Cl)c45)ncc13)C2. The second-order valence-corrected chi connectivity index (χ2v) is 15.4. The normalized spacial score (nSPS) is 25.4. The van der Waals surface area contributed by atoms with Gasteiger partial charge in [0.15, 0.2) is 5.82 Å². The van der Waals surface area contributed by atoms with Gasteiger partial charge >= 0.3 is 12.1 Å². The largest absolute Gasteiger partial charge is 0.461 e. The summed E-state index contributed by atoms with van der Waals surface area (Å²) in [6.07, 6.45) is 6.84. The lowest BCUT2D eigenvalue weighted by molar-refractivity contribution is 0.0122. The highest BCUT2D eigenvalue weighted by atomic mass is 35.5. The first kappa shape index (κ1) is 32.4. The molecule has 4 fully saturated rings. The highest BCUT2D eigenvalue weighted by Crippen LogP contribution is 2.43. The van der Waals surface area contributed by atoms with E-state index in [4.69, 9.17) is 31.0 Å². The summed E-state index contributed by atoms with van der Waals surface area (Å²) in [5, 5.41) is 12.6. The lowest BCUT2D eigenvalue weighted by Gasteiger charge is -2.42. The first-order valence-corrected chi connectivity index (χ1v) is 17.7. The molecule has 0 aliphatic carbocycles. The van der Waals surface area contributed by atoms with E-state index < -0.39 is 11.4 Å². The maximum atomic E-state index is 16.9. The number of carbonyl (C=O) groups is 1. The monoisotopic (exact) mass is 688 g/mol. The highest BCUT2D eigenvalue weighted by Gasteiger charge is 2.50. The van der Waals surface area contributed by atoms with Gasteiger partial charge in [-0.05, 0) is 77.3 Å². The van der Waals surface area contributed by atoms with Gasteiger partial charge in [-0.15, -0.1) is 0 Å². The molecule has 1 amide bonds. The van der Waals surface area contributed by atoms with E-state index in [2.05, 4.69) is 14.8 Å². The smallest absolute Gasteiger partial charge is 0.410 e. The zero-order chi connectivity index (χ0) is 34.1. The van der Waals surface area contributed by atoms with Crippen LogP contribution < -0.4 is 9.64 Å². The molecule has 4 saturated heterocycles. The number of hydrogen-bond donors (Lipinski definition) is 1. The van der Waals surface area contributed by atoms with Gasteiger partial charge in [0.2, 0.25) is 0 Å². The molecule has 0 radical (unpaired) electrons. The van der Waals surface area contributed by atoms with Crippen molar-refractivity contribution in [3.05, 3.63) is 53.4 Å². The molecule has 4 aromatic rings. The predicted molar refractivity (Wildman–Crippen MR) is 187 cm³/mol. The van der Waals surface area contributed by atoms with Gasteiger partial charge < -0.3 is 19.5 Å². The van der Waals surface area contributed by atoms with Gasteiger partial charge in [-0.3, -0.25) is 14.8 Å². The molecule has 4 aliphatic heterocycles. The number of pyridine rings is 1. The van der Waals surface area contributed by atoms with Gasteiger partial charge in [0.05, 0.1) is 29.6 Å². The Morgan fingerprint density at radius 2 is 1.84 bits per heavy atom. The Balaban J connectivity index is 1.19. The van der Waals surface area contributed by atoms with Crippen LogP contribution in [0.1, 0.15) is 59.3 Å². The van der Waals surface area contributed by atoms with Crippen LogP contribution in [0.25, 0.3) is 32.9 Å². The third-order valence-corrected chi connectivity index (χ3v) is 11.2. The number of benzene rings is 2. The molecule has 1 N–H and O–H groups in total. The molecule has 4 atom stereocenters. The first-order chi connectivity index (χ1) is 23.5. The third kappa shape index (κ3) is 5.63. The fourth-order valence-corrected chi connectivity index (χ4v) is 8.98. The molecule has 49 heavy (non-hydrogen) atoms. The Kier molecular flexibility index (Phi) is 8.07. The number of ether oxygens (including phenoxy) is 2. The van der Waals surface area contributed by atoms with Crippen molar-refractivity contribution in [3.63, 3.8) is 0 Å². The summed E-state index contributed by atoms with van der Waals surface area (Å²) in [7, 11) is 0. The second kappa shape index (κ2) is 12.2. The Labute approximate surface area is 290 Å². The van der Waals surface area contributed by atoms with Crippen molar-refractivity contribution in [3.8, 4) is 17.3 Å². The summed E-state index contributed by atoms with van der Waals surface area (Å²) in [4.78, 5) is 33.9. The number of rotatable bonds is 6. The van der Waals surface area contributed by atoms with E-state index in [1.165, 1.54) is 0 Å². The number of carbonyl (C=O) groups excluding carboxylic acids is 1. The van der Waals surface area contributed by atoms with E-state index in [0.29, 0.717) is 41.5 Å². The van der Waals surface area contributed by atoms with Crippen molar-refractivity contribution in [2.75, 3.05) is 37.7 Å². The standard InChI is InChI=1S/C37H42ClFN6O4/c1-36(2,3)49-35(47)45-23-11-12-24(45)19-43(18-23)33-27-17-40-31(26-9-4-7-22-8-5-10-28(38)29(22)26)30(39)32(27)41-34(42-33)48-21-37-14-6-16-44(37)25(20-46)13-15-37/h4-5,7-10,17,23-25,46H,6,11-16,18-21H2,1-3H3. The van der Waals surface area contributed by atoms with E-state index >= 15 is 4.39 Å². The second-order valence-electron chi connectivity index (χ2n) is 15.0. The third-order valence-electron chi connectivity index (χ3n) is 10.9. The zero-order valence-corrected chi connectivity index (χ0v) is 28.9. The van der Waals surface area contributed by atoms with Crippen LogP contribution >= 0.6 is 11.6 Å². The summed E-state index contributed by atoms with van der Waals surface area (Å²) in [5.41, 5.74) is 0.0555. The van der Waals surface area contributed by atoms with Crippen LogP contribution in [0.15, 0.2) is 42.6 Å². The number of piperazine rings is 1. The number of nitrogens with zero attached hydrogens (tertiary/aromatic N) is 6. The number of fused-ring (bicyclic) bond motifs is 5. The van der Waals surface area contributed by atoms with Crippen LogP contribution in [0.4, 0.5) is 15.0 Å². The van der Waals surface area contributed by atoms with Crippen molar-refractivity contribution in [1.29, 1.82) is 0 Å². The predicted octanol–water partition coefficient (Wildman–Crippen LogP) is 6.59. The van der Waals surface area contributed by atoms with E-state index in [1.54, 1.807) is 12.3 Å². The van der Waals surface area contributed by atoms with Crippen LogP contribution in [-0.4, -0.2) is 98.1 Å². The van der Waals surface area contributed by atoms with Gasteiger partial charge in [-0.1, -0.05) is 41.9 Å². The van der Waals surface area contributed by atoms with Crippen molar-refractivity contribution in [2.24, 2.45) is 0 Å². The molecule has 8 rings (SSSR count). The summed E-state index contributed by atoms with van der Waals surface area (Å²) in [5.74, 6) is -0.0364. The molecular weight excluding hydrogens is 647 g/mol. The fourth-order valence-electron chi connectivity index (χ4n) is 8.70. The Morgan fingerprint density at radius 1 is 1.08 bits per heavy atom. The maximum absolute atomic E-state index is 16.9. The summed E-state index contributed by atoms with van der Waals surface area (Å²) >= 11 is 6.65. The van der Waals surface area contributed by atoms with Crippen molar-refractivity contribution < 1.29 is 23.8 Å². The van der Waals surface area contributed by atoms with E-state index in [9.17, 15) is 9.90 Å². The average molecular weight is 689 g/mol. The molecule has 2 bridgehead atoms. The zero-order valence-electron chi connectivity index (χ0n) is 28.2. The highest BCUT2D eigenvalue weighted by molar-refractivity contribution is 6.36. The number of halogens is 2. The summed E-state index contributed by atoms with van der Waals surface area (Å²) in [6.45, 7) is 8.04. The van der Waals surface area contributed by atoms with Gasteiger partial charge in [0, 0.05) is 41.3 Å². The van der Waals surface area contributed by atoms with Crippen molar-refractivity contribution in [1.82, 2.24) is 24.8 Å². The number of amides is 1. The van der Waals surface area contributed by atoms with Gasteiger partial charge in [-0.25, -0.2) is 9.18 Å². The molecule has 0 spiro atoms. The van der Waals surface area contributed by atoms with Crippen LogP contribution in [0.5, 0.6) is 6.01 Å². The van der Waals surface area contributed by atoms with Gasteiger partial charge in [0.1, 0.15) is 29.2 Å². The first-order valence-electron chi connectivity index (χ1n) is 17.4. The Morgan fingerprint density at radius 3 is 2.57 bits per heavy atom. The van der Waals surface area contributed by atoms with E-state index in [-0.39, 0.29) is 53.6 Å². The average Bonchev–Trinajstić information content (AvgIpc) is 3.72. The van der Waals surface area contributed by atoms with Crippen LogP contribution in [0.2, 0.25) is 5.02 Å². The van der Waals surface area contributed by atoms with Crippen molar-refractivity contribution in [2.45, 2.75) is 88.6 Å². The number of anilines is 1. The molecule has 6 heterocycles. The summed E-state index contributed by atoms with van der Waals surface area (Å²) in [6, 6.07) is 11.3. The number of hydrogen-bond acceptors (Lipinski definition) is 9. The molecule has 4 unspecified atom stereocenters. The van der Waals surface area contributed by atoms with Crippen LogP contribution in [0, 0.1) is 5.82 Å². The minimum atomic E-state index is -0.594. The lowest BCUT2D eigenvalue weighted by atomic mass is 9.95. The summed E-state index contributed by atoms with van der Waals surface area (Å²) < 4.78 is 29.1. The minimum absolute atomic E-state index is 0.0715. The van der Waals surface area contributed by atoms with Gasteiger partial charge in [-0.2, -0.15) is 9.97 Å². The van der Waals surface area contributed by atoms with Crippen LogP contribution in [0.3, 0.4) is 0 Å². The van der Waals surface area contributed by atoms with Crippen molar-refractivity contribution >= 4 is 45.2 Å². The number of aliphatic hydroxyl groups excluding tert-OH is 1. The molecule has 2 aromatic carbocycles. The molecule has 10 nitrogen and oxygen atoms in total. The van der Waals surface area contributed by atoms with Crippen LogP contribution in [-0.2, 0) is 4.74 Å². The lowest BCUT2D eigenvalue weighted by Crippen LogP contribution is -2.57. The molecular formula is C37H42ClFN6O4. The quantitative estimate of drug-likeness (QED) is 0.240. The van der Waals surface area contributed by atoms with Gasteiger partial charge in [0.25, 0.3) is 0 Å². The molecule has 12 heteroatoms. The Bertz CT molecular complexity index is 1920. The minimum Gasteiger partial charge on any atom is -0.461 e. The fraction of sp³-hybridized carbons (Fsp3) is 0.514. The number of aromatic nitrogens is 3. The molecule has 4 aliphatic rings. The number of aliphatic hydroxyl groups is 1. The Hall–Kier alpha value is -3.80. The molecule has 0 saturated carbocycles. The van der Waals surface area contributed by atoms with E-state index in [0.717, 1.165) is 55.8 Å². The molecule has 258 valence electrons. The maximum Gasteiger partial charge on any atom is 0.410 e. The van der Waals surface area contributed by atoms with E-state index in [1.807, 2.05) is 56.0 Å².